The molecule has 0 aliphatic carbocycles. The van der Waals surface area contributed by atoms with Gasteiger partial charge in [-0.2, -0.15) is 0 Å². The van der Waals surface area contributed by atoms with E-state index in [1.54, 1.807) is 16.2 Å². The van der Waals surface area contributed by atoms with Crippen molar-refractivity contribution in [2.24, 2.45) is 11.8 Å². The van der Waals surface area contributed by atoms with E-state index in [-0.39, 0.29) is 11.8 Å². The monoisotopic (exact) mass is 336 g/mol. The van der Waals surface area contributed by atoms with E-state index in [0.717, 1.165) is 14.6 Å². The predicted octanol–water partition coefficient (Wildman–Crippen LogP) is 2.57. The Labute approximate surface area is 136 Å². The zero-order valence-electron chi connectivity index (χ0n) is 12.1. The molecular weight excluding hydrogens is 320 g/mol. The number of thiazole rings is 1. The normalized spacial score (nSPS) is 21.4. The number of fused-ring (bicyclic) bond motifs is 1. The number of likely N-dealkylation sites (tertiary alicyclic amines) is 1. The fourth-order valence-corrected chi connectivity index (χ4v) is 4.59. The van der Waals surface area contributed by atoms with Gasteiger partial charge in [0, 0.05) is 13.1 Å². The number of carboxylic acids is 1. The Morgan fingerprint density at radius 3 is 2.86 bits per heavy atom. The molecule has 2 aromatic rings. The number of carboxylic acid groups (broad SMARTS) is 1. The second-order valence-corrected chi connectivity index (χ2v) is 7.71. The highest BCUT2D eigenvalue weighted by Gasteiger charge is 2.36. The molecule has 1 amide bonds. The maximum absolute atomic E-state index is 12.2. The summed E-state index contributed by atoms with van der Waals surface area (Å²) in [6.07, 6.45) is 0. The van der Waals surface area contributed by atoms with Crippen molar-refractivity contribution in [3.63, 3.8) is 0 Å². The number of benzene rings is 1. The summed E-state index contributed by atoms with van der Waals surface area (Å²) < 4.78 is 1.98. The van der Waals surface area contributed by atoms with Crippen molar-refractivity contribution in [3.05, 3.63) is 24.3 Å². The van der Waals surface area contributed by atoms with E-state index in [9.17, 15) is 9.59 Å². The van der Waals surface area contributed by atoms with Gasteiger partial charge in [-0.1, -0.05) is 30.8 Å². The third-order valence-electron chi connectivity index (χ3n) is 3.88. The van der Waals surface area contributed by atoms with Crippen LogP contribution in [0.25, 0.3) is 10.2 Å². The second-order valence-electron chi connectivity index (χ2n) is 5.46. The molecule has 1 saturated heterocycles. The largest absolute Gasteiger partial charge is 0.481 e. The predicted molar refractivity (Wildman–Crippen MR) is 87.2 cm³/mol. The summed E-state index contributed by atoms with van der Waals surface area (Å²) in [5.74, 6) is -0.967. The van der Waals surface area contributed by atoms with Crippen LogP contribution in [0.15, 0.2) is 28.6 Å². The molecule has 116 valence electrons. The van der Waals surface area contributed by atoms with Gasteiger partial charge in [0.25, 0.3) is 0 Å². The van der Waals surface area contributed by atoms with Gasteiger partial charge < -0.3 is 10.0 Å². The molecule has 22 heavy (non-hydrogen) atoms. The topological polar surface area (TPSA) is 70.5 Å². The van der Waals surface area contributed by atoms with E-state index < -0.39 is 11.9 Å². The van der Waals surface area contributed by atoms with Crippen molar-refractivity contribution in [3.8, 4) is 0 Å². The minimum Gasteiger partial charge on any atom is -0.481 e. The lowest BCUT2D eigenvalue weighted by Crippen LogP contribution is -2.31. The average molecular weight is 336 g/mol. The van der Waals surface area contributed by atoms with Crippen molar-refractivity contribution in [1.82, 2.24) is 9.88 Å². The molecule has 2 heterocycles. The van der Waals surface area contributed by atoms with Crippen LogP contribution in [0.3, 0.4) is 0 Å². The van der Waals surface area contributed by atoms with Gasteiger partial charge >= 0.3 is 5.97 Å². The Balaban J connectivity index is 1.59. The second kappa shape index (κ2) is 6.26. The molecule has 2 atom stereocenters. The van der Waals surface area contributed by atoms with Crippen molar-refractivity contribution >= 4 is 45.2 Å². The van der Waals surface area contributed by atoms with Crippen LogP contribution in [-0.4, -0.2) is 45.7 Å². The summed E-state index contributed by atoms with van der Waals surface area (Å²) in [6.45, 7) is 2.72. The first-order valence-corrected chi connectivity index (χ1v) is 8.84. The van der Waals surface area contributed by atoms with Crippen LogP contribution in [0.1, 0.15) is 6.92 Å². The maximum Gasteiger partial charge on any atom is 0.308 e. The van der Waals surface area contributed by atoms with Crippen LogP contribution in [0.5, 0.6) is 0 Å². The Morgan fingerprint density at radius 2 is 2.18 bits per heavy atom. The number of hydrogen-bond donors (Lipinski definition) is 1. The SMILES string of the molecule is C[C@@H]1CN(C(=O)CSc2nc3ccccc3s2)C[C@H]1C(=O)O. The lowest BCUT2D eigenvalue weighted by Gasteiger charge is -2.14. The van der Waals surface area contributed by atoms with Crippen molar-refractivity contribution in [1.29, 1.82) is 0 Å². The molecule has 3 rings (SSSR count). The van der Waals surface area contributed by atoms with E-state index in [1.807, 2.05) is 31.2 Å². The molecule has 0 radical (unpaired) electrons. The van der Waals surface area contributed by atoms with Gasteiger partial charge in [0.15, 0.2) is 4.34 Å². The first kappa shape index (κ1) is 15.3. The molecule has 0 spiro atoms. The summed E-state index contributed by atoms with van der Waals surface area (Å²) in [4.78, 5) is 29.5. The third kappa shape index (κ3) is 3.10. The van der Waals surface area contributed by atoms with Crippen molar-refractivity contribution in [2.75, 3.05) is 18.8 Å². The van der Waals surface area contributed by atoms with Crippen LogP contribution >= 0.6 is 23.1 Å². The van der Waals surface area contributed by atoms with Crippen LogP contribution < -0.4 is 0 Å². The van der Waals surface area contributed by atoms with Gasteiger partial charge in [-0.15, -0.1) is 11.3 Å². The molecule has 0 bridgehead atoms. The number of rotatable bonds is 4. The van der Waals surface area contributed by atoms with Gasteiger partial charge in [-0.25, -0.2) is 4.98 Å². The highest BCUT2D eigenvalue weighted by Crippen LogP contribution is 2.30. The fourth-order valence-electron chi connectivity index (χ4n) is 2.62. The first-order valence-electron chi connectivity index (χ1n) is 7.03. The molecule has 1 fully saturated rings. The zero-order valence-corrected chi connectivity index (χ0v) is 13.7. The van der Waals surface area contributed by atoms with Gasteiger partial charge in [0.1, 0.15) is 0 Å². The average Bonchev–Trinajstić information content (AvgIpc) is 3.07. The van der Waals surface area contributed by atoms with Gasteiger partial charge in [0.2, 0.25) is 5.91 Å². The zero-order chi connectivity index (χ0) is 15.7. The Bertz CT molecular complexity index is 683. The first-order chi connectivity index (χ1) is 10.5. The third-order valence-corrected chi connectivity index (χ3v) is 6.04. The van der Waals surface area contributed by atoms with E-state index in [0.29, 0.717) is 18.8 Å². The summed E-state index contributed by atoms with van der Waals surface area (Å²) in [7, 11) is 0. The molecule has 1 aromatic carbocycles. The number of amides is 1. The lowest BCUT2D eigenvalue weighted by atomic mass is 9.99. The van der Waals surface area contributed by atoms with Gasteiger partial charge in [-0.3, -0.25) is 9.59 Å². The number of hydrogen-bond acceptors (Lipinski definition) is 5. The Kier molecular flexibility index (Phi) is 4.35. The Morgan fingerprint density at radius 1 is 1.41 bits per heavy atom. The molecular formula is C15H16N2O3S2. The molecule has 0 saturated carbocycles. The molecule has 1 aromatic heterocycles. The van der Waals surface area contributed by atoms with Gasteiger partial charge in [0.05, 0.1) is 21.9 Å². The summed E-state index contributed by atoms with van der Waals surface area (Å²) >= 11 is 3.00. The minimum atomic E-state index is -0.818. The van der Waals surface area contributed by atoms with Crippen LogP contribution in [0.4, 0.5) is 0 Å². The van der Waals surface area contributed by atoms with Crippen LogP contribution in [0, 0.1) is 11.8 Å². The highest BCUT2D eigenvalue weighted by molar-refractivity contribution is 8.01. The van der Waals surface area contributed by atoms with Crippen LogP contribution in [-0.2, 0) is 9.59 Å². The molecule has 1 aliphatic heterocycles. The molecule has 1 N–H and O–H groups in total. The van der Waals surface area contributed by atoms with Crippen molar-refractivity contribution < 1.29 is 14.7 Å². The number of nitrogens with zero attached hydrogens (tertiary/aromatic N) is 2. The minimum absolute atomic E-state index is 0.00824. The molecule has 5 nitrogen and oxygen atoms in total. The highest BCUT2D eigenvalue weighted by atomic mass is 32.2. The van der Waals surface area contributed by atoms with E-state index in [2.05, 4.69) is 4.98 Å². The maximum atomic E-state index is 12.2. The van der Waals surface area contributed by atoms with E-state index >= 15 is 0 Å². The van der Waals surface area contributed by atoms with E-state index in [1.165, 1.54) is 11.8 Å². The number of aliphatic carboxylic acids is 1. The number of thioether (sulfide) groups is 1. The smallest absolute Gasteiger partial charge is 0.308 e. The summed E-state index contributed by atoms with van der Waals surface area (Å²) in [5, 5.41) is 9.12. The van der Waals surface area contributed by atoms with Gasteiger partial charge in [-0.05, 0) is 18.1 Å². The van der Waals surface area contributed by atoms with Crippen molar-refractivity contribution in [2.45, 2.75) is 11.3 Å². The molecule has 7 heteroatoms. The fraction of sp³-hybridized carbons (Fsp3) is 0.400. The summed E-state index contributed by atoms with van der Waals surface area (Å²) in [5.41, 5.74) is 0.947. The molecule has 1 aliphatic rings. The Hall–Kier alpha value is -1.60. The standard InChI is InChI=1S/C15H16N2O3S2/c1-9-6-17(7-10(9)14(19)20)13(18)8-21-15-16-11-4-2-3-5-12(11)22-15/h2-5,9-10H,6-8H2,1H3,(H,19,20)/t9-,10-/m1/s1. The van der Waals surface area contributed by atoms with Crippen LogP contribution in [0.2, 0.25) is 0 Å². The number of carbonyl (C=O) groups excluding carboxylic acids is 1. The summed E-state index contributed by atoms with van der Waals surface area (Å²) in [6, 6.07) is 7.88. The number of carbonyl (C=O) groups is 2. The lowest BCUT2D eigenvalue weighted by molar-refractivity contribution is -0.142. The number of aromatic nitrogens is 1. The van der Waals surface area contributed by atoms with E-state index in [4.69, 9.17) is 5.11 Å². The molecule has 0 unspecified atom stereocenters. The number of para-hydroxylation sites is 1. The quantitative estimate of drug-likeness (QED) is 0.869.